The predicted molar refractivity (Wildman–Crippen MR) is 100 cm³/mol. The van der Waals surface area contributed by atoms with Crippen LogP contribution in [0.15, 0.2) is 47.0 Å². The number of carboxylic acid groups (broad SMARTS) is 1. The number of carbonyl (C=O) groups is 1. The molecule has 1 fully saturated rings. The Balaban J connectivity index is 0.000000659. The van der Waals surface area contributed by atoms with E-state index in [9.17, 15) is 5.11 Å². The number of likely N-dealkylation sites (tertiary alicyclic amines) is 1. The number of fused-ring (bicyclic) bond motifs is 1. The van der Waals surface area contributed by atoms with Gasteiger partial charge >= 0.3 is 0 Å². The molecule has 3 heterocycles. The van der Waals surface area contributed by atoms with Gasteiger partial charge in [-0.15, -0.1) is 0 Å². The summed E-state index contributed by atoms with van der Waals surface area (Å²) in [7, 11) is 0. The first-order valence-corrected chi connectivity index (χ1v) is 8.84. The normalized spacial score (nSPS) is 19.6. The fraction of sp³-hybridized carbons (Fsp3) is 0.350. The SMILES string of the molecule is Cc1cc(C[C@@H]2CN(Cc3ccc4ccccc4n3)C[C@@H]2O)on1.O=CO. The Kier molecular flexibility index (Phi) is 6.16. The molecule has 4 rings (SSSR count). The maximum atomic E-state index is 10.4. The summed E-state index contributed by atoms with van der Waals surface area (Å²) in [6.45, 7) is 3.94. The lowest BCUT2D eigenvalue weighted by Gasteiger charge is -2.15. The highest BCUT2D eigenvalue weighted by Gasteiger charge is 2.32. The lowest BCUT2D eigenvalue weighted by atomic mass is 10.0. The first kappa shape index (κ1) is 19.0. The largest absolute Gasteiger partial charge is 0.483 e. The molecule has 1 aliphatic heterocycles. The molecule has 27 heavy (non-hydrogen) atoms. The molecular formula is C20H23N3O4. The zero-order chi connectivity index (χ0) is 19.2. The van der Waals surface area contributed by atoms with E-state index in [0.29, 0.717) is 6.54 Å². The van der Waals surface area contributed by atoms with Crippen molar-refractivity contribution in [3.05, 3.63) is 59.6 Å². The van der Waals surface area contributed by atoms with Gasteiger partial charge in [0.25, 0.3) is 6.47 Å². The molecule has 2 atom stereocenters. The topological polar surface area (TPSA) is 99.7 Å². The van der Waals surface area contributed by atoms with Crippen molar-refractivity contribution in [1.82, 2.24) is 15.0 Å². The second-order valence-corrected chi connectivity index (χ2v) is 6.76. The number of benzene rings is 1. The van der Waals surface area contributed by atoms with Crippen LogP contribution in [0.1, 0.15) is 17.1 Å². The highest BCUT2D eigenvalue weighted by Crippen LogP contribution is 2.23. The average molecular weight is 369 g/mol. The Bertz CT molecular complexity index is 896. The Morgan fingerprint density at radius 1 is 1.26 bits per heavy atom. The molecule has 1 aromatic carbocycles. The van der Waals surface area contributed by atoms with Crippen LogP contribution in [0.2, 0.25) is 0 Å². The third kappa shape index (κ3) is 4.90. The number of aryl methyl sites for hydroxylation is 1. The Morgan fingerprint density at radius 2 is 2.04 bits per heavy atom. The number of pyridine rings is 1. The highest BCUT2D eigenvalue weighted by atomic mass is 16.5. The van der Waals surface area contributed by atoms with Crippen LogP contribution in [0.25, 0.3) is 10.9 Å². The zero-order valence-corrected chi connectivity index (χ0v) is 15.2. The number of aromatic nitrogens is 2. The van der Waals surface area contributed by atoms with Crippen molar-refractivity contribution in [1.29, 1.82) is 0 Å². The van der Waals surface area contributed by atoms with Crippen LogP contribution in [-0.2, 0) is 17.8 Å². The summed E-state index contributed by atoms with van der Waals surface area (Å²) in [6, 6.07) is 14.3. The van der Waals surface area contributed by atoms with E-state index in [4.69, 9.17) is 19.4 Å². The van der Waals surface area contributed by atoms with Crippen molar-refractivity contribution in [2.45, 2.75) is 26.0 Å². The Hall–Kier alpha value is -2.77. The molecule has 0 radical (unpaired) electrons. The van der Waals surface area contributed by atoms with Gasteiger partial charge in [-0.25, -0.2) is 0 Å². The summed E-state index contributed by atoms with van der Waals surface area (Å²) in [5, 5.41) is 22.3. The lowest BCUT2D eigenvalue weighted by Crippen LogP contribution is -2.21. The van der Waals surface area contributed by atoms with Crippen LogP contribution >= 0.6 is 0 Å². The van der Waals surface area contributed by atoms with Crippen molar-refractivity contribution in [2.75, 3.05) is 13.1 Å². The molecule has 0 amide bonds. The van der Waals surface area contributed by atoms with E-state index in [1.165, 1.54) is 0 Å². The van der Waals surface area contributed by atoms with E-state index in [0.717, 1.165) is 47.6 Å². The van der Waals surface area contributed by atoms with E-state index < -0.39 is 0 Å². The van der Waals surface area contributed by atoms with Crippen LogP contribution in [0.3, 0.4) is 0 Å². The summed E-state index contributed by atoms with van der Waals surface area (Å²) in [5.41, 5.74) is 2.94. The number of nitrogens with zero attached hydrogens (tertiary/aromatic N) is 3. The molecule has 1 aliphatic rings. The average Bonchev–Trinajstić information content (AvgIpc) is 3.21. The number of aliphatic hydroxyl groups excluding tert-OH is 1. The van der Waals surface area contributed by atoms with E-state index in [1.807, 2.05) is 31.2 Å². The molecule has 2 aromatic heterocycles. The number of para-hydroxylation sites is 1. The highest BCUT2D eigenvalue weighted by molar-refractivity contribution is 5.78. The summed E-state index contributed by atoms with van der Waals surface area (Å²) in [5.74, 6) is 1.03. The second kappa shape index (κ2) is 8.75. The number of aliphatic hydroxyl groups is 1. The molecule has 2 N–H and O–H groups in total. The van der Waals surface area contributed by atoms with E-state index in [-0.39, 0.29) is 18.5 Å². The summed E-state index contributed by atoms with van der Waals surface area (Å²) >= 11 is 0. The van der Waals surface area contributed by atoms with Crippen molar-refractivity contribution >= 4 is 17.4 Å². The Labute approximate surface area is 157 Å². The third-order valence-corrected chi connectivity index (χ3v) is 4.66. The van der Waals surface area contributed by atoms with E-state index >= 15 is 0 Å². The Morgan fingerprint density at radius 3 is 2.78 bits per heavy atom. The molecule has 3 aromatic rings. The minimum Gasteiger partial charge on any atom is -0.483 e. The smallest absolute Gasteiger partial charge is 0.290 e. The lowest BCUT2D eigenvalue weighted by molar-refractivity contribution is -0.122. The fourth-order valence-corrected chi connectivity index (χ4v) is 3.47. The molecule has 7 heteroatoms. The van der Waals surface area contributed by atoms with Gasteiger partial charge in [0.05, 0.1) is 23.0 Å². The number of rotatable bonds is 4. The molecule has 0 spiro atoms. The predicted octanol–water partition coefficient (Wildman–Crippen LogP) is 2.27. The summed E-state index contributed by atoms with van der Waals surface area (Å²) in [4.78, 5) is 15.3. The van der Waals surface area contributed by atoms with E-state index in [1.54, 1.807) is 0 Å². The van der Waals surface area contributed by atoms with Gasteiger partial charge < -0.3 is 14.7 Å². The molecule has 0 aliphatic carbocycles. The minimum absolute atomic E-state index is 0.179. The van der Waals surface area contributed by atoms with Crippen molar-refractivity contribution in [3.8, 4) is 0 Å². The maximum absolute atomic E-state index is 10.4. The van der Waals surface area contributed by atoms with Crippen LogP contribution in [0.4, 0.5) is 0 Å². The van der Waals surface area contributed by atoms with Crippen LogP contribution in [-0.4, -0.2) is 50.9 Å². The van der Waals surface area contributed by atoms with Gasteiger partial charge in [-0.1, -0.05) is 29.4 Å². The molecule has 0 saturated carbocycles. The maximum Gasteiger partial charge on any atom is 0.290 e. The van der Waals surface area contributed by atoms with Gasteiger partial charge in [0.15, 0.2) is 0 Å². The van der Waals surface area contributed by atoms with Gasteiger partial charge in [-0.05, 0) is 19.1 Å². The van der Waals surface area contributed by atoms with Crippen LogP contribution in [0, 0.1) is 12.8 Å². The fourth-order valence-electron chi connectivity index (χ4n) is 3.47. The minimum atomic E-state index is -0.337. The third-order valence-electron chi connectivity index (χ3n) is 4.66. The van der Waals surface area contributed by atoms with Crippen LogP contribution < -0.4 is 0 Å². The van der Waals surface area contributed by atoms with E-state index in [2.05, 4.69) is 28.3 Å². The van der Waals surface area contributed by atoms with Gasteiger partial charge in [0, 0.05) is 43.4 Å². The molecule has 142 valence electrons. The van der Waals surface area contributed by atoms with Gasteiger partial charge in [-0.3, -0.25) is 14.7 Å². The monoisotopic (exact) mass is 369 g/mol. The van der Waals surface area contributed by atoms with Crippen molar-refractivity contribution in [3.63, 3.8) is 0 Å². The number of hydrogen-bond donors (Lipinski definition) is 2. The first-order valence-electron chi connectivity index (χ1n) is 8.84. The second-order valence-electron chi connectivity index (χ2n) is 6.76. The molecule has 0 unspecified atom stereocenters. The summed E-state index contributed by atoms with van der Waals surface area (Å²) in [6.07, 6.45) is 0.389. The molecule has 1 saturated heterocycles. The standard InChI is InChI=1S/C19H21N3O2.CH2O2/c1-13-8-17(24-21-13)9-15-10-22(12-19(15)23)11-16-7-6-14-4-2-3-5-18(14)20-16;2-1-3/h2-8,15,19,23H,9-12H2,1H3;1H,(H,2,3)/t15-,19+;/m1./s1. The first-order chi connectivity index (χ1) is 13.1. The van der Waals surface area contributed by atoms with Crippen LogP contribution in [0.5, 0.6) is 0 Å². The zero-order valence-electron chi connectivity index (χ0n) is 15.2. The molecular weight excluding hydrogens is 346 g/mol. The van der Waals surface area contributed by atoms with Crippen molar-refractivity contribution < 1.29 is 19.5 Å². The quantitative estimate of drug-likeness (QED) is 0.681. The number of hydrogen-bond acceptors (Lipinski definition) is 6. The van der Waals surface area contributed by atoms with Gasteiger partial charge in [0.1, 0.15) is 5.76 Å². The molecule has 7 nitrogen and oxygen atoms in total. The number of β-amino-alcohol motifs (C(OH)–C–C–N with tert-alkyl or cyclic N) is 1. The summed E-state index contributed by atoms with van der Waals surface area (Å²) < 4.78 is 5.28. The van der Waals surface area contributed by atoms with Gasteiger partial charge in [-0.2, -0.15) is 0 Å². The van der Waals surface area contributed by atoms with Crippen molar-refractivity contribution in [2.24, 2.45) is 5.92 Å². The molecule has 0 bridgehead atoms. The van der Waals surface area contributed by atoms with Gasteiger partial charge in [0.2, 0.25) is 0 Å².